The number of carbonyl (C=O) groups is 2. The summed E-state index contributed by atoms with van der Waals surface area (Å²) in [6.45, 7) is 7.42. The van der Waals surface area contributed by atoms with Crippen LogP contribution in [-0.2, 0) is 9.53 Å². The summed E-state index contributed by atoms with van der Waals surface area (Å²) < 4.78 is 11.2. The van der Waals surface area contributed by atoms with Gasteiger partial charge in [0, 0.05) is 5.92 Å². The molecule has 0 amide bonds. The molecule has 1 aromatic carbocycles. The van der Waals surface area contributed by atoms with E-state index in [9.17, 15) is 24.9 Å². The monoisotopic (exact) mass is 482 g/mol. The zero-order valence-electron chi connectivity index (χ0n) is 20.8. The minimum Gasteiger partial charge on any atom is -0.496 e. The minimum atomic E-state index is -2.16. The van der Waals surface area contributed by atoms with Crippen LogP contribution in [0.3, 0.4) is 0 Å². The molecule has 7 unspecified atom stereocenters. The second-order valence-corrected chi connectivity index (χ2v) is 11.4. The van der Waals surface area contributed by atoms with Crippen LogP contribution in [0.15, 0.2) is 47.6 Å². The predicted octanol–water partition coefficient (Wildman–Crippen LogP) is 2.69. The van der Waals surface area contributed by atoms with Gasteiger partial charge < -0.3 is 24.8 Å². The molecule has 4 aliphatic rings. The summed E-state index contributed by atoms with van der Waals surface area (Å²) in [5, 5.41) is 34.2. The van der Waals surface area contributed by atoms with Gasteiger partial charge in [-0.1, -0.05) is 45.1 Å². The maximum atomic E-state index is 14.3. The van der Waals surface area contributed by atoms with Crippen LogP contribution in [-0.4, -0.2) is 58.6 Å². The molecule has 0 radical (unpaired) electrons. The lowest BCUT2D eigenvalue weighted by Crippen LogP contribution is -2.65. The largest absolute Gasteiger partial charge is 0.496 e. The van der Waals surface area contributed by atoms with Crippen molar-refractivity contribution in [3.63, 3.8) is 0 Å². The number of allylic oxidation sites excluding steroid dienone is 1. The molecule has 7 heteroatoms. The molecule has 4 aliphatic carbocycles. The molecule has 0 saturated heterocycles. The molecule has 7 nitrogen and oxygen atoms in total. The fraction of sp³-hybridized carbons (Fsp3) is 0.571. The van der Waals surface area contributed by atoms with E-state index in [4.69, 9.17) is 9.47 Å². The summed E-state index contributed by atoms with van der Waals surface area (Å²) in [6, 6.07) is 6.59. The van der Waals surface area contributed by atoms with E-state index < -0.39 is 41.7 Å². The number of hydrogen-bond donors (Lipinski definition) is 3. The maximum Gasteiger partial charge on any atom is 0.342 e. The van der Waals surface area contributed by atoms with Crippen LogP contribution in [0.25, 0.3) is 0 Å². The van der Waals surface area contributed by atoms with Gasteiger partial charge in [-0.2, -0.15) is 0 Å². The average molecular weight is 483 g/mol. The van der Waals surface area contributed by atoms with Gasteiger partial charge in [-0.15, -0.1) is 0 Å². The molecular weight excluding hydrogens is 448 g/mol. The van der Waals surface area contributed by atoms with E-state index in [0.29, 0.717) is 17.7 Å². The Bertz CT molecular complexity index is 1150. The third-order valence-electron chi connectivity index (χ3n) is 9.45. The fourth-order valence-corrected chi connectivity index (χ4v) is 7.58. The normalized spacial score (nSPS) is 41.0. The van der Waals surface area contributed by atoms with Crippen molar-refractivity contribution in [1.82, 2.24) is 0 Å². The Kier molecular flexibility index (Phi) is 5.37. The van der Waals surface area contributed by atoms with Crippen molar-refractivity contribution in [1.29, 1.82) is 0 Å². The van der Waals surface area contributed by atoms with Gasteiger partial charge in [-0.25, -0.2) is 4.79 Å². The Morgan fingerprint density at radius 3 is 2.57 bits per heavy atom. The fourth-order valence-electron chi connectivity index (χ4n) is 7.58. The summed E-state index contributed by atoms with van der Waals surface area (Å²) in [7, 11) is 1.45. The summed E-state index contributed by atoms with van der Waals surface area (Å²) >= 11 is 0. The molecule has 0 heterocycles. The molecule has 2 fully saturated rings. The van der Waals surface area contributed by atoms with Crippen molar-refractivity contribution < 1.29 is 34.4 Å². The van der Waals surface area contributed by atoms with E-state index in [0.717, 1.165) is 0 Å². The highest BCUT2D eigenvalue weighted by atomic mass is 16.6. The summed E-state index contributed by atoms with van der Waals surface area (Å²) in [4.78, 5) is 27.6. The van der Waals surface area contributed by atoms with Gasteiger partial charge >= 0.3 is 5.97 Å². The molecule has 35 heavy (non-hydrogen) atoms. The highest BCUT2D eigenvalue weighted by Gasteiger charge is 2.76. The SMILES string of the molecule is COc1ccccc1C(=O)OC1C(C)=CC23C(=O)C(C=C(CO)C(O)C12O)C1C(C[C@H]3C)C1(C)C. The second-order valence-electron chi connectivity index (χ2n) is 11.4. The number of esters is 1. The van der Waals surface area contributed by atoms with Gasteiger partial charge in [0.25, 0.3) is 0 Å². The number of rotatable bonds is 4. The third-order valence-corrected chi connectivity index (χ3v) is 9.45. The highest BCUT2D eigenvalue weighted by Crippen LogP contribution is 2.71. The summed E-state index contributed by atoms with van der Waals surface area (Å²) in [6.07, 6.45) is 1.22. The Hall–Kier alpha value is -2.48. The number of Topliss-reactive ketones (excluding diaryl/α,β-unsaturated/α-hetero) is 1. The molecule has 0 aliphatic heterocycles. The van der Waals surface area contributed by atoms with E-state index in [2.05, 4.69) is 13.8 Å². The van der Waals surface area contributed by atoms with Gasteiger partial charge in [-0.3, -0.25) is 4.79 Å². The van der Waals surface area contributed by atoms with Crippen molar-refractivity contribution in [3.8, 4) is 5.75 Å². The number of ketones is 1. The second kappa shape index (κ2) is 7.76. The molecule has 1 aromatic rings. The topological polar surface area (TPSA) is 113 Å². The first-order valence-corrected chi connectivity index (χ1v) is 12.3. The first-order valence-electron chi connectivity index (χ1n) is 12.3. The molecule has 0 aromatic heterocycles. The molecule has 8 atom stereocenters. The molecule has 3 N–H and O–H groups in total. The summed E-state index contributed by atoms with van der Waals surface area (Å²) in [5.41, 5.74) is -2.80. The standard InChI is InChI=1S/C28H34O7/c1-14-12-27-15(2)10-19-21(26(19,3)4)18(23(27)31)11-16(13-29)22(30)28(27,33)24(14)35-25(32)17-8-6-7-9-20(17)34-5/h6-9,11-12,15,18-19,21-22,24,29-30,33H,10,13H2,1-5H3/t15-,18?,19?,21?,22?,24?,27?,28?/m1/s1. The molecule has 5 rings (SSSR count). The van der Waals surface area contributed by atoms with Crippen molar-refractivity contribution in [2.75, 3.05) is 13.7 Å². The van der Waals surface area contributed by atoms with E-state index >= 15 is 0 Å². The van der Waals surface area contributed by atoms with E-state index in [-0.39, 0.29) is 40.1 Å². The van der Waals surface area contributed by atoms with Crippen LogP contribution < -0.4 is 4.74 Å². The number of aliphatic hydroxyl groups is 3. The van der Waals surface area contributed by atoms with Gasteiger partial charge in [0.05, 0.1) is 19.1 Å². The lowest BCUT2D eigenvalue weighted by Gasteiger charge is -2.48. The Morgan fingerprint density at radius 1 is 1.23 bits per heavy atom. The Morgan fingerprint density at radius 2 is 1.91 bits per heavy atom. The molecule has 1 spiro atoms. The predicted molar refractivity (Wildman–Crippen MR) is 128 cm³/mol. The van der Waals surface area contributed by atoms with Crippen LogP contribution in [0.4, 0.5) is 0 Å². The van der Waals surface area contributed by atoms with Gasteiger partial charge in [0.1, 0.15) is 17.4 Å². The van der Waals surface area contributed by atoms with Gasteiger partial charge in [0.2, 0.25) is 0 Å². The Labute approximate surface area is 205 Å². The van der Waals surface area contributed by atoms with Crippen LogP contribution in [0.5, 0.6) is 5.75 Å². The smallest absolute Gasteiger partial charge is 0.342 e. The van der Waals surface area contributed by atoms with Crippen LogP contribution >= 0.6 is 0 Å². The highest BCUT2D eigenvalue weighted by molar-refractivity contribution is 5.96. The van der Waals surface area contributed by atoms with Crippen molar-refractivity contribution in [3.05, 3.63) is 53.1 Å². The molecule has 188 valence electrons. The van der Waals surface area contributed by atoms with Crippen molar-refractivity contribution >= 4 is 11.8 Å². The van der Waals surface area contributed by atoms with Gasteiger partial charge in [0.15, 0.2) is 17.5 Å². The van der Waals surface area contributed by atoms with Crippen LogP contribution in [0.2, 0.25) is 0 Å². The minimum absolute atomic E-state index is 0.0479. The summed E-state index contributed by atoms with van der Waals surface area (Å²) in [5.74, 6) is -1.10. The number of ether oxygens (including phenoxy) is 2. The lowest BCUT2D eigenvalue weighted by atomic mass is 9.59. The number of hydrogen-bond acceptors (Lipinski definition) is 7. The van der Waals surface area contributed by atoms with Gasteiger partial charge in [-0.05, 0) is 59.8 Å². The van der Waals surface area contributed by atoms with Crippen LogP contribution in [0.1, 0.15) is 44.5 Å². The zero-order valence-corrected chi connectivity index (χ0v) is 20.8. The number of carbonyl (C=O) groups excluding carboxylic acids is 2. The first kappa shape index (κ1) is 24.2. The van der Waals surface area contributed by atoms with Crippen LogP contribution in [0, 0.1) is 34.5 Å². The van der Waals surface area contributed by atoms with Crippen molar-refractivity contribution in [2.45, 2.75) is 51.9 Å². The quantitative estimate of drug-likeness (QED) is 0.447. The molecular formula is C28H34O7. The number of methoxy groups -OCH3 is 1. The number of aliphatic hydroxyl groups excluding tert-OH is 2. The van der Waals surface area contributed by atoms with E-state index in [1.807, 2.05) is 6.92 Å². The van der Waals surface area contributed by atoms with E-state index in [1.54, 1.807) is 43.3 Å². The molecule has 2 bridgehead atoms. The number of fused-ring (bicyclic) bond motifs is 3. The third kappa shape index (κ3) is 2.95. The average Bonchev–Trinajstić information content (AvgIpc) is 3.32. The zero-order chi connectivity index (χ0) is 25.5. The Balaban J connectivity index is 1.63. The lowest BCUT2D eigenvalue weighted by molar-refractivity contribution is -0.190. The maximum absolute atomic E-state index is 14.3. The number of benzene rings is 1. The van der Waals surface area contributed by atoms with Crippen molar-refractivity contribution in [2.24, 2.45) is 34.5 Å². The molecule has 2 saturated carbocycles. The van der Waals surface area contributed by atoms with E-state index in [1.165, 1.54) is 7.11 Å². The first-order chi connectivity index (χ1) is 16.5. The number of para-hydroxylation sites is 1.